The third kappa shape index (κ3) is 2.93. The van der Waals surface area contributed by atoms with Crippen LogP contribution in [0.15, 0.2) is 23.1 Å². The minimum atomic E-state index is -3.58. The Balaban J connectivity index is 1.72. The topological polar surface area (TPSA) is 75.4 Å². The lowest BCUT2D eigenvalue weighted by atomic mass is 10.3. The second kappa shape index (κ2) is 5.18. The van der Waals surface area contributed by atoms with Crippen LogP contribution in [-0.4, -0.2) is 38.5 Å². The third-order valence-electron chi connectivity index (χ3n) is 3.87. The van der Waals surface area contributed by atoms with Crippen LogP contribution >= 0.6 is 11.6 Å². The molecule has 1 aliphatic carbocycles. The van der Waals surface area contributed by atoms with E-state index < -0.39 is 10.0 Å². The van der Waals surface area contributed by atoms with E-state index >= 15 is 0 Å². The number of anilines is 1. The van der Waals surface area contributed by atoms with Crippen molar-refractivity contribution >= 4 is 27.3 Å². The molecule has 1 saturated carbocycles. The Hall–Kier alpha value is -0.820. The molecule has 1 saturated heterocycles. The average Bonchev–Trinajstić information content (AvgIpc) is 3.10. The molecule has 0 aromatic heterocycles. The number of hydrogen-bond donors (Lipinski definition) is 2. The number of sulfonamides is 1. The molecule has 0 bridgehead atoms. The average molecular weight is 316 g/mol. The van der Waals surface area contributed by atoms with E-state index in [0.29, 0.717) is 11.1 Å². The molecule has 110 valence electrons. The molecule has 1 unspecified atom stereocenters. The van der Waals surface area contributed by atoms with Crippen LogP contribution in [-0.2, 0) is 10.0 Å². The van der Waals surface area contributed by atoms with Crippen molar-refractivity contribution in [1.82, 2.24) is 9.62 Å². The van der Waals surface area contributed by atoms with Gasteiger partial charge in [0, 0.05) is 30.2 Å². The van der Waals surface area contributed by atoms with E-state index in [0.717, 1.165) is 19.5 Å². The lowest BCUT2D eigenvalue weighted by Crippen LogP contribution is -2.37. The zero-order chi connectivity index (χ0) is 14.3. The third-order valence-corrected chi connectivity index (χ3v) is 5.70. The van der Waals surface area contributed by atoms with Crippen LogP contribution in [0.5, 0.6) is 0 Å². The Morgan fingerprint density at radius 1 is 1.30 bits per heavy atom. The van der Waals surface area contributed by atoms with Crippen LogP contribution in [0.4, 0.5) is 5.69 Å². The fourth-order valence-electron chi connectivity index (χ4n) is 2.70. The van der Waals surface area contributed by atoms with Crippen LogP contribution in [0.1, 0.15) is 19.3 Å². The van der Waals surface area contributed by atoms with Gasteiger partial charge < -0.3 is 5.73 Å². The Morgan fingerprint density at radius 3 is 2.70 bits per heavy atom. The van der Waals surface area contributed by atoms with Gasteiger partial charge in [-0.3, -0.25) is 4.90 Å². The smallest absolute Gasteiger partial charge is 0.242 e. The first-order valence-electron chi connectivity index (χ1n) is 6.77. The van der Waals surface area contributed by atoms with Gasteiger partial charge in [-0.25, -0.2) is 13.1 Å². The summed E-state index contributed by atoms with van der Waals surface area (Å²) in [6.07, 6.45) is 3.33. The zero-order valence-electron chi connectivity index (χ0n) is 11.0. The molecule has 0 spiro atoms. The minimum Gasteiger partial charge on any atom is -0.398 e. The van der Waals surface area contributed by atoms with Crippen molar-refractivity contribution in [3.63, 3.8) is 0 Å². The number of nitrogens with two attached hydrogens (primary N) is 1. The second-order valence-electron chi connectivity index (χ2n) is 5.52. The molecule has 20 heavy (non-hydrogen) atoms. The molecular weight excluding hydrogens is 298 g/mol. The van der Waals surface area contributed by atoms with E-state index in [2.05, 4.69) is 9.62 Å². The van der Waals surface area contributed by atoms with E-state index in [1.165, 1.54) is 31.0 Å². The Bertz CT molecular complexity index is 616. The summed E-state index contributed by atoms with van der Waals surface area (Å²) in [6.45, 7) is 1.76. The van der Waals surface area contributed by atoms with Gasteiger partial charge in [-0.2, -0.15) is 0 Å². The molecule has 0 radical (unpaired) electrons. The SMILES string of the molecule is Nc1cc(Cl)ccc1S(=O)(=O)NC1CCN(C2CC2)C1. The predicted molar refractivity (Wildman–Crippen MR) is 79.2 cm³/mol. The highest BCUT2D eigenvalue weighted by atomic mass is 35.5. The minimum absolute atomic E-state index is 0.0318. The number of hydrogen-bond acceptors (Lipinski definition) is 4. The van der Waals surface area contributed by atoms with Crippen LogP contribution < -0.4 is 10.5 Å². The van der Waals surface area contributed by atoms with Crippen molar-refractivity contribution in [2.45, 2.75) is 36.2 Å². The lowest BCUT2D eigenvalue weighted by Gasteiger charge is -2.16. The van der Waals surface area contributed by atoms with Crippen LogP contribution in [0, 0.1) is 0 Å². The molecule has 0 amide bonds. The first-order chi connectivity index (χ1) is 9.45. The summed E-state index contributed by atoms with van der Waals surface area (Å²) < 4.78 is 27.5. The second-order valence-corrected chi connectivity index (χ2v) is 7.63. The number of likely N-dealkylation sites (tertiary alicyclic amines) is 1. The predicted octanol–water partition coefficient (Wildman–Crippen LogP) is 1.44. The fraction of sp³-hybridized carbons (Fsp3) is 0.538. The molecule has 7 heteroatoms. The standard InChI is InChI=1S/C13H18ClN3O2S/c14-9-1-4-13(12(15)7-9)20(18,19)16-10-5-6-17(8-10)11-2-3-11/h1,4,7,10-11,16H,2-3,5-6,8,15H2. The number of nitrogen functional groups attached to an aromatic ring is 1. The Morgan fingerprint density at radius 2 is 2.05 bits per heavy atom. The van der Waals surface area contributed by atoms with Crippen molar-refractivity contribution < 1.29 is 8.42 Å². The first-order valence-corrected chi connectivity index (χ1v) is 8.63. The van der Waals surface area contributed by atoms with E-state index in [1.807, 2.05) is 0 Å². The molecule has 5 nitrogen and oxygen atoms in total. The van der Waals surface area contributed by atoms with Gasteiger partial charge >= 0.3 is 0 Å². The molecule has 1 aromatic carbocycles. The molecule has 3 N–H and O–H groups in total. The molecule has 1 atom stereocenters. The zero-order valence-corrected chi connectivity index (χ0v) is 12.6. The number of benzene rings is 1. The van der Waals surface area contributed by atoms with Gasteiger partial charge in [0.2, 0.25) is 10.0 Å². The molecule has 1 aliphatic heterocycles. The van der Waals surface area contributed by atoms with Crippen molar-refractivity contribution in [2.24, 2.45) is 0 Å². The summed E-state index contributed by atoms with van der Waals surface area (Å²) in [4.78, 5) is 2.46. The summed E-state index contributed by atoms with van der Waals surface area (Å²) in [6, 6.07) is 5.09. The quantitative estimate of drug-likeness (QED) is 0.824. The van der Waals surface area contributed by atoms with Gasteiger partial charge in [-0.05, 0) is 37.5 Å². The van der Waals surface area contributed by atoms with Gasteiger partial charge in [-0.15, -0.1) is 0 Å². The molecule has 3 rings (SSSR count). The van der Waals surface area contributed by atoms with Crippen molar-refractivity contribution in [1.29, 1.82) is 0 Å². The van der Waals surface area contributed by atoms with Crippen LogP contribution in [0.3, 0.4) is 0 Å². The van der Waals surface area contributed by atoms with Crippen LogP contribution in [0.2, 0.25) is 5.02 Å². The molecule has 1 aromatic rings. The maximum Gasteiger partial charge on any atom is 0.242 e. The van der Waals surface area contributed by atoms with Crippen molar-refractivity contribution in [2.75, 3.05) is 18.8 Å². The van der Waals surface area contributed by atoms with E-state index in [4.69, 9.17) is 17.3 Å². The highest BCUT2D eigenvalue weighted by Gasteiger charge is 2.36. The van der Waals surface area contributed by atoms with E-state index in [9.17, 15) is 8.42 Å². The summed E-state index contributed by atoms with van der Waals surface area (Å²) in [5.41, 5.74) is 5.94. The Labute approximate surface area is 124 Å². The highest BCUT2D eigenvalue weighted by molar-refractivity contribution is 7.89. The number of rotatable bonds is 4. The molecule has 2 aliphatic rings. The lowest BCUT2D eigenvalue weighted by molar-refractivity contribution is 0.322. The van der Waals surface area contributed by atoms with Gasteiger partial charge in [0.1, 0.15) is 4.90 Å². The highest BCUT2D eigenvalue weighted by Crippen LogP contribution is 2.30. The maximum absolute atomic E-state index is 12.4. The van der Waals surface area contributed by atoms with Crippen molar-refractivity contribution in [3.05, 3.63) is 23.2 Å². The van der Waals surface area contributed by atoms with Gasteiger partial charge in [-0.1, -0.05) is 11.6 Å². The Kier molecular flexibility index (Phi) is 3.66. The number of nitrogens with one attached hydrogen (secondary N) is 1. The maximum atomic E-state index is 12.4. The summed E-state index contributed by atoms with van der Waals surface area (Å²) in [5, 5.41) is 0.433. The molecule has 1 heterocycles. The fourth-order valence-corrected chi connectivity index (χ4v) is 4.26. The van der Waals surface area contributed by atoms with Gasteiger partial charge in [0.15, 0.2) is 0 Å². The van der Waals surface area contributed by atoms with Gasteiger partial charge in [0.25, 0.3) is 0 Å². The summed E-state index contributed by atoms with van der Waals surface area (Å²) in [7, 11) is -3.58. The number of halogens is 1. The molecular formula is C13H18ClN3O2S. The first kappa shape index (κ1) is 14.1. The molecule has 2 fully saturated rings. The van der Waals surface area contributed by atoms with Crippen molar-refractivity contribution in [3.8, 4) is 0 Å². The normalized spacial score (nSPS) is 24.1. The van der Waals surface area contributed by atoms with E-state index in [-0.39, 0.29) is 16.6 Å². The van der Waals surface area contributed by atoms with Gasteiger partial charge in [0.05, 0.1) is 5.69 Å². The number of nitrogens with zero attached hydrogens (tertiary/aromatic N) is 1. The van der Waals surface area contributed by atoms with Crippen LogP contribution in [0.25, 0.3) is 0 Å². The monoisotopic (exact) mass is 315 g/mol. The largest absolute Gasteiger partial charge is 0.398 e. The summed E-state index contributed by atoms with van der Waals surface area (Å²) >= 11 is 5.80. The van der Waals surface area contributed by atoms with E-state index in [1.54, 1.807) is 0 Å². The summed E-state index contributed by atoms with van der Waals surface area (Å²) in [5.74, 6) is 0.